The fourth-order valence-electron chi connectivity index (χ4n) is 1.64. The quantitative estimate of drug-likeness (QED) is 0.801. The van der Waals surface area contributed by atoms with Crippen molar-refractivity contribution in [2.45, 2.75) is 6.54 Å². The van der Waals surface area contributed by atoms with E-state index in [1.165, 1.54) is 11.3 Å². The standard InChI is InChI=1S/C11H9ClN4OS/c12-7-3-8(6-14-5-7)17-10-9(4-13)16-1-2-18-11(16)15-10/h1-3,5-6H,4,13H2. The van der Waals surface area contributed by atoms with E-state index >= 15 is 0 Å². The van der Waals surface area contributed by atoms with Gasteiger partial charge in [-0.05, 0) is 0 Å². The highest BCUT2D eigenvalue weighted by Gasteiger charge is 2.13. The second-order valence-corrected chi connectivity index (χ2v) is 4.87. The van der Waals surface area contributed by atoms with Crippen molar-refractivity contribution in [3.63, 3.8) is 0 Å². The smallest absolute Gasteiger partial charge is 0.243 e. The molecule has 0 aliphatic rings. The van der Waals surface area contributed by atoms with Crippen LogP contribution in [0.2, 0.25) is 5.02 Å². The van der Waals surface area contributed by atoms with Crippen LogP contribution in [0, 0.1) is 0 Å². The van der Waals surface area contributed by atoms with E-state index in [0.29, 0.717) is 23.2 Å². The summed E-state index contributed by atoms with van der Waals surface area (Å²) >= 11 is 7.38. The second-order valence-electron chi connectivity index (χ2n) is 3.56. The molecule has 0 aromatic carbocycles. The predicted octanol–water partition coefficient (Wildman–Crippen LogP) is 2.70. The van der Waals surface area contributed by atoms with Crippen molar-refractivity contribution in [1.82, 2.24) is 14.4 Å². The number of ether oxygens (including phenoxy) is 1. The zero-order chi connectivity index (χ0) is 12.5. The van der Waals surface area contributed by atoms with E-state index in [4.69, 9.17) is 22.1 Å². The van der Waals surface area contributed by atoms with Crippen LogP contribution in [0.1, 0.15) is 5.69 Å². The van der Waals surface area contributed by atoms with Gasteiger partial charge in [-0.2, -0.15) is 4.98 Å². The lowest BCUT2D eigenvalue weighted by Gasteiger charge is -2.04. The van der Waals surface area contributed by atoms with Crippen molar-refractivity contribution < 1.29 is 4.74 Å². The summed E-state index contributed by atoms with van der Waals surface area (Å²) < 4.78 is 7.59. The molecule has 5 nitrogen and oxygen atoms in total. The molecule has 3 aromatic rings. The lowest BCUT2D eigenvalue weighted by atomic mass is 10.4. The molecule has 0 amide bonds. The largest absolute Gasteiger partial charge is 0.435 e. The Balaban J connectivity index is 2.01. The van der Waals surface area contributed by atoms with Gasteiger partial charge in [0, 0.05) is 30.4 Å². The van der Waals surface area contributed by atoms with Gasteiger partial charge in [-0.1, -0.05) is 11.6 Å². The number of hydrogen-bond acceptors (Lipinski definition) is 5. The van der Waals surface area contributed by atoms with Crippen molar-refractivity contribution in [1.29, 1.82) is 0 Å². The van der Waals surface area contributed by atoms with Crippen LogP contribution in [-0.4, -0.2) is 14.4 Å². The van der Waals surface area contributed by atoms with Crippen molar-refractivity contribution in [2.24, 2.45) is 5.73 Å². The molecule has 0 aliphatic carbocycles. The third kappa shape index (κ3) is 1.94. The SMILES string of the molecule is NCc1c(Oc2cncc(Cl)c2)nc2sccn12. The van der Waals surface area contributed by atoms with Gasteiger partial charge in [0.05, 0.1) is 11.2 Å². The molecule has 0 atom stereocenters. The number of fused-ring (bicyclic) bond motifs is 1. The highest BCUT2D eigenvalue weighted by atomic mass is 35.5. The average molecular weight is 281 g/mol. The summed E-state index contributed by atoms with van der Waals surface area (Å²) in [5.74, 6) is 1.04. The Morgan fingerprint density at radius 2 is 2.33 bits per heavy atom. The molecule has 0 spiro atoms. The molecule has 0 bridgehead atoms. The maximum atomic E-state index is 5.85. The minimum Gasteiger partial charge on any atom is -0.435 e. The Kier molecular flexibility index (Phi) is 2.91. The summed E-state index contributed by atoms with van der Waals surface area (Å²) in [4.78, 5) is 9.18. The number of hydrogen-bond donors (Lipinski definition) is 1. The number of nitrogens with two attached hydrogens (primary N) is 1. The van der Waals surface area contributed by atoms with E-state index in [9.17, 15) is 0 Å². The zero-order valence-electron chi connectivity index (χ0n) is 9.21. The summed E-state index contributed by atoms with van der Waals surface area (Å²) in [6.07, 6.45) is 5.04. The molecule has 92 valence electrons. The van der Waals surface area contributed by atoms with Crippen LogP contribution in [0.4, 0.5) is 0 Å². The minimum atomic E-state index is 0.348. The second kappa shape index (κ2) is 4.56. The first-order chi connectivity index (χ1) is 8.78. The molecule has 0 unspecified atom stereocenters. The lowest BCUT2D eigenvalue weighted by molar-refractivity contribution is 0.457. The van der Waals surface area contributed by atoms with Crippen LogP contribution in [-0.2, 0) is 6.54 Å². The Labute approximate surface area is 112 Å². The van der Waals surface area contributed by atoms with Crippen LogP contribution in [0.15, 0.2) is 30.0 Å². The van der Waals surface area contributed by atoms with Gasteiger partial charge >= 0.3 is 0 Å². The zero-order valence-corrected chi connectivity index (χ0v) is 10.8. The topological polar surface area (TPSA) is 65.4 Å². The first kappa shape index (κ1) is 11.5. The minimum absolute atomic E-state index is 0.348. The van der Waals surface area contributed by atoms with Gasteiger partial charge in [-0.15, -0.1) is 11.3 Å². The Morgan fingerprint density at radius 1 is 1.44 bits per heavy atom. The summed E-state index contributed by atoms with van der Waals surface area (Å²) in [6, 6.07) is 1.68. The van der Waals surface area contributed by atoms with Gasteiger partial charge in [-0.3, -0.25) is 9.38 Å². The Bertz CT molecular complexity index is 693. The maximum Gasteiger partial charge on any atom is 0.243 e. The number of aromatic nitrogens is 3. The first-order valence-electron chi connectivity index (χ1n) is 5.21. The molecule has 0 saturated heterocycles. The summed E-state index contributed by atoms with van der Waals surface area (Å²) in [5, 5.41) is 2.47. The number of pyridine rings is 1. The van der Waals surface area contributed by atoms with Crippen molar-refractivity contribution in [2.75, 3.05) is 0 Å². The average Bonchev–Trinajstić information content (AvgIpc) is 2.89. The van der Waals surface area contributed by atoms with E-state index in [-0.39, 0.29) is 0 Å². The van der Waals surface area contributed by atoms with Crippen LogP contribution in [0.5, 0.6) is 11.6 Å². The molecule has 18 heavy (non-hydrogen) atoms. The number of rotatable bonds is 3. The summed E-state index contributed by atoms with van der Waals surface area (Å²) in [6.45, 7) is 0.348. The van der Waals surface area contributed by atoms with Gasteiger partial charge in [-0.25, -0.2) is 0 Å². The summed E-state index contributed by atoms with van der Waals surface area (Å²) in [7, 11) is 0. The number of halogens is 1. The van der Waals surface area contributed by atoms with E-state index < -0.39 is 0 Å². The molecule has 0 radical (unpaired) electrons. The highest BCUT2D eigenvalue weighted by molar-refractivity contribution is 7.15. The molecular formula is C11H9ClN4OS. The number of nitrogens with zero attached hydrogens (tertiary/aromatic N) is 3. The molecule has 3 rings (SSSR count). The molecule has 0 fully saturated rings. The molecule has 7 heteroatoms. The molecule has 0 aliphatic heterocycles. The number of thiazole rings is 1. The molecule has 3 aromatic heterocycles. The van der Waals surface area contributed by atoms with E-state index in [1.807, 2.05) is 16.0 Å². The van der Waals surface area contributed by atoms with Gasteiger partial charge in [0.1, 0.15) is 11.4 Å². The lowest BCUT2D eigenvalue weighted by Crippen LogP contribution is -2.01. The van der Waals surface area contributed by atoms with E-state index in [0.717, 1.165) is 10.7 Å². The molecular weight excluding hydrogens is 272 g/mol. The summed E-state index contributed by atoms with van der Waals surface area (Å²) in [5.41, 5.74) is 6.55. The monoisotopic (exact) mass is 280 g/mol. The van der Waals surface area contributed by atoms with Crippen molar-refractivity contribution in [3.8, 4) is 11.6 Å². The van der Waals surface area contributed by atoms with Gasteiger partial charge in [0.15, 0.2) is 4.96 Å². The molecule has 3 heterocycles. The van der Waals surface area contributed by atoms with Crippen LogP contribution in [0.3, 0.4) is 0 Å². The van der Waals surface area contributed by atoms with E-state index in [2.05, 4.69) is 9.97 Å². The third-order valence-corrected chi connectivity index (χ3v) is 3.38. The predicted molar refractivity (Wildman–Crippen MR) is 70.3 cm³/mol. The van der Waals surface area contributed by atoms with Gasteiger partial charge < -0.3 is 10.5 Å². The normalized spacial score (nSPS) is 11.0. The Hall–Kier alpha value is -1.63. The molecule has 0 saturated carbocycles. The number of imidazole rings is 1. The van der Waals surface area contributed by atoms with Gasteiger partial charge in [0.2, 0.25) is 5.88 Å². The Morgan fingerprint density at radius 3 is 3.11 bits per heavy atom. The van der Waals surface area contributed by atoms with Crippen molar-refractivity contribution in [3.05, 3.63) is 40.8 Å². The third-order valence-electron chi connectivity index (χ3n) is 2.41. The maximum absolute atomic E-state index is 5.85. The van der Waals surface area contributed by atoms with Gasteiger partial charge in [0.25, 0.3) is 0 Å². The first-order valence-corrected chi connectivity index (χ1v) is 6.46. The van der Waals surface area contributed by atoms with Crippen LogP contribution in [0.25, 0.3) is 4.96 Å². The van der Waals surface area contributed by atoms with Crippen LogP contribution >= 0.6 is 22.9 Å². The van der Waals surface area contributed by atoms with E-state index in [1.54, 1.807) is 18.5 Å². The fourth-order valence-corrected chi connectivity index (χ4v) is 2.53. The van der Waals surface area contributed by atoms with Crippen molar-refractivity contribution >= 4 is 27.9 Å². The fraction of sp³-hybridized carbons (Fsp3) is 0.0909. The highest BCUT2D eigenvalue weighted by Crippen LogP contribution is 2.28. The molecule has 2 N–H and O–H groups in total. The van der Waals surface area contributed by atoms with Crippen LogP contribution < -0.4 is 10.5 Å².